The molecule has 0 radical (unpaired) electrons. The lowest BCUT2D eigenvalue weighted by molar-refractivity contribution is 0.576. The van der Waals surface area contributed by atoms with E-state index in [-0.39, 0.29) is 0 Å². The van der Waals surface area contributed by atoms with Crippen LogP contribution in [0.25, 0.3) is 0 Å². The average molecular weight is 157 g/mol. The molecule has 0 amide bonds. The smallest absolute Gasteiger partial charge is 0.212 e. The average Bonchev–Trinajstić information content (AvgIpc) is 1.25. The molecule has 0 spiro atoms. The molecule has 0 unspecified atom stereocenters. The predicted molar refractivity (Wildman–Crippen MR) is 34.5 cm³/mol. The van der Waals surface area contributed by atoms with Gasteiger partial charge in [-0.1, -0.05) is 0 Å². The summed E-state index contributed by atoms with van der Waals surface area (Å²) in [5.41, 5.74) is 0. The van der Waals surface area contributed by atoms with Gasteiger partial charge in [0.25, 0.3) is 0 Å². The second-order valence-electron chi connectivity index (χ2n) is 2.55. The maximum atomic E-state index is 10.4. The first kappa shape index (κ1) is 8.24. The van der Waals surface area contributed by atoms with Gasteiger partial charge in [0.1, 0.15) is 0 Å². The first-order valence-electron chi connectivity index (χ1n) is 2.19. The topological polar surface area (TPSA) is 34.1 Å². The summed E-state index contributed by atoms with van der Waals surface area (Å²) in [5, 5.41) is 0. The number of rotatable bonds is 0. The Morgan fingerprint density at radius 1 is 1.25 bits per heavy atom. The van der Waals surface area contributed by atoms with E-state index in [9.17, 15) is 8.42 Å². The van der Waals surface area contributed by atoms with E-state index in [1.807, 2.05) is 0 Å². The van der Waals surface area contributed by atoms with E-state index in [4.69, 9.17) is 10.7 Å². The fraction of sp³-hybridized carbons (Fsp3) is 1.00. The van der Waals surface area contributed by atoms with Crippen LogP contribution in [-0.2, 0) is 9.05 Å². The summed E-state index contributed by atoms with van der Waals surface area (Å²) in [4.78, 5) is 0. The van der Waals surface area contributed by atoms with Gasteiger partial charge in [0.2, 0.25) is 9.05 Å². The van der Waals surface area contributed by atoms with Crippen molar-refractivity contribution in [3.05, 3.63) is 0 Å². The fourth-order valence-corrected chi connectivity index (χ4v) is 0. The van der Waals surface area contributed by atoms with Gasteiger partial charge < -0.3 is 0 Å². The zero-order chi connectivity index (χ0) is 7.00. The Hall–Kier alpha value is 0.240. The van der Waals surface area contributed by atoms with Crippen molar-refractivity contribution in [3.8, 4) is 0 Å². The number of halogens is 1. The largest absolute Gasteiger partial charge is 0.237 e. The summed E-state index contributed by atoms with van der Waals surface area (Å²) in [6.45, 7) is 4.65. The van der Waals surface area contributed by atoms with Crippen LogP contribution in [0.15, 0.2) is 0 Å². The number of hydrogen-bond acceptors (Lipinski definition) is 2. The summed E-state index contributed by atoms with van der Waals surface area (Å²) in [5.74, 6) is 0. The molecule has 0 saturated heterocycles. The third-order valence-electron chi connectivity index (χ3n) is 0.731. The minimum Gasteiger partial charge on any atom is -0.212 e. The SMILES string of the molecule is CC(C)(C)S(=O)(=O)Cl. The first-order chi connectivity index (χ1) is 3.25. The molecule has 0 heterocycles. The van der Waals surface area contributed by atoms with Gasteiger partial charge >= 0.3 is 0 Å². The Morgan fingerprint density at radius 3 is 1.38 bits per heavy atom. The fourth-order valence-electron chi connectivity index (χ4n) is 0. The first-order valence-corrected chi connectivity index (χ1v) is 4.50. The second kappa shape index (κ2) is 1.88. The molecule has 0 saturated carbocycles. The van der Waals surface area contributed by atoms with Gasteiger partial charge in [0.15, 0.2) is 0 Å². The molecule has 0 aliphatic carbocycles. The lowest BCUT2D eigenvalue weighted by atomic mass is 10.3. The van der Waals surface area contributed by atoms with Crippen LogP contribution < -0.4 is 0 Å². The maximum Gasteiger partial charge on any atom is 0.237 e. The van der Waals surface area contributed by atoms with Gasteiger partial charge in [-0.3, -0.25) is 0 Å². The van der Waals surface area contributed by atoms with Crippen molar-refractivity contribution in [2.45, 2.75) is 25.5 Å². The van der Waals surface area contributed by atoms with Crippen LogP contribution >= 0.6 is 10.7 Å². The standard InChI is InChI=1S/C4H9ClO2S/c1-4(2,3)8(5,6)7/h1-3H3. The highest BCUT2D eigenvalue weighted by Gasteiger charge is 2.25. The molecule has 0 rings (SSSR count). The molecule has 0 atom stereocenters. The molecule has 0 bridgehead atoms. The van der Waals surface area contributed by atoms with Gasteiger partial charge in [0, 0.05) is 10.7 Å². The quantitative estimate of drug-likeness (QED) is 0.497. The summed E-state index contributed by atoms with van der Waals surface area (Å²) in [6.07, 6.45) is 0. The van der Waals surface area contributed by atoms with Crippen LogP contribution in [0.4, 0.5) is 0 Å². The van der Waals surface area contributed by atoms with Gasteiger partial charge in [-0.2, -0.15) is 0 Å². The molecule has 0 N–H and O–H groups in total. The lowest BCUT2D eigenvalue weighted by Gasteiger charge is -2.11. The highest BCUT2D eigenvalue weighted by Crippen LogP contribution is 2.18. The minimum atomic E-state index is -3.37. The molecule has 0 aromatic rings. The molecule has 50 valence electrons. The third kappa shape index (κ3) is 2.01. The Kier molecular flexibility index (Phi) is 1.94. The summed E-state index contributed by atoms with van der Waals surface area (Å²) in [7, 11) is 1.61. The summed E-state index contributed by atoms with van der Waals surface area (Å²) in [6, 6.07) is 0. The Bertz CT molecular complexity index is 163. The molecule has 0 aromatic carbocycles. The van der Waals surface area contributed by atoms with E-state index >= 15 is 0 Å². The molecule has 8 heavy (non-hydrogen) atoms. The van der Waals surface area contributed by atoms with Gasteiger partial charge in [-0.25, -0.2) is 8.42 Å². The van der Waals surface area contributed by atoms with Crippen LogP contribution in [0.3, 0.4) is 0 Å². The predicted octanol–water partition coefficient (Wildman–Crippen LogP) is 1.35. The molecule has 0 aromatic heterocycles. The van der Waals surface area contributed by atoms with Crippen molar-refractivity contribution in [1.29, 1.82) is 0 Å². The molecular weight excluding hydrogens is 148 g/mol. The highest BCUT2D eigenvalue weighted by atomic mass is 35.7. The van der Waals surface area contributed by atoms with Crippen molar-refractivity contribution < 1.29 is 8.42 Å². The highest BCUT2D eigenvalue weighted by molar-refractivity contribution is 8.14. The normalized spacial score (nSPS) is 14.0. The van der Waals surface area contributed by atoms with Crippen molar-refractivity contribution in [2.75, 3.05) is 0 Å². The van der Waals surface area contributed by atoms with Crippen LogP contribution in [-0.4, -0.2) is 13.2 Å². The van der Waals surface area contributed by atoms with E-state index in [0.717, 1.165) is 0 Å². The van der Waals surface area contributed by atoms with Gasteiger partial charge in [0.05, 0.1) is 4.75 Å². The van der Waals surface area contributed by atoms with Crippen LogP contribution in [0.5, 0.6) is 0 Å². The van der Waals surface area contributed by atoms with Gasteiger partial charge in [-0.15, -0.1) is 0 Å². The lowest BCUT2D eigenvalue weighted by Crippen LogP contribution is -2.22. The molecule has 0 fully saturated rings. The Morgan fingerprint density at radius 2 is 1.38 bits per heavy atom. The van der Waals surface area contributed by atoms with Crippen molar-refractivity contribution in [3.63, 3.8) is 0 Å². The van der Waals surface area contributed by atoms with Crippen LogP contribution in [0.1, 0.15) is 20.8 Å². The Balaban J connectivity index is 4.53. The molecular formula is C4H9ClO2S. The monoisotopic (exact) mass is 156 g/mol. The van der Waals surface area contributed by atoms with E-state index in [0.29, 0.717) is 0 Å². The molecule has 2 nitrogen and oxygen atoms in total. The van der Waals surface area contributed by atoms with E-state index in [2.05, 4.69) is 0 Å². The van der Waals surface area contributed by atoms with Crippen LogP contribution in [0, 0.1) is 0 Å². The molecule has 0 aliphatic rings. The summed E-state index contributed by atoms with van der Waals surface area (Å²) >= 11 is 0. The van der Waals surface area contributed by atoms with E-state index in [1.165, 1.54) is 0 Å². The summed E-state index contributed by atoms with van der Waals surface area (Å²) < 4.78 is 20.0. The Labute approximate surface area is 54.3 Å². The van der Waals surface area contributed by atoms with Crippen molar-refractivity contribution >= 4 is 19.7 Å². The van der Waals surface area contributed by atoms with Gasteiger partial charge in [-0.05, 0) is 20.8 Å². The second-order valence-corrected chi connectivity index (χ2v) is 5.87. The minimum absolute atomic E-state index is 0.825. The van der Waals surface area contributed by atoms with Crippen LogP contribution in [0.2, 0.25) is 0 Å². The maximum absolute atomic E-state index is 10.4. The zero-order valence-electron chi connectivity index (χ0n) is 5.10. The van der Waals surface area contributed by atoms with Crippen molar-refractivity contribution in [1.82, 2.24) is 0 Å². The van der Waals surface area contributed by atoms with Crippen molar-refractivity contribution in [2.24, 2.45) is 0 Å². The molecule has 0 aliphatic heterocycles. The third-order valence-corrected chi connectivity index (χ3v) is 3.58. The number of hydrogen-bond donors (Lipinski definition) is 0. The van der Waals surface area contributed by atoms with E-state index in [1.54, 1.807) is 20.8 Å². The zero-order valence-corrected chi connectivity index (χ0v) is 6.68. The molecule has 4 heteroatoms. The van der Waals surface area contributed by atoms with E-state index < -0.39 is 13.8 Å².